The number of ether oxygens (including phenoxy) is 1. The van der Waals surface area contributed by atoms with Crippen molar-refractivity contribution in [2.24, 2.45) is 0 Å². The van der Waals surface area contributed by atoms with Crippen molar-refractivity contribution < 1.29 is 4.74 Å². The third-order valence-corrected chi connectivity index (χ3v) is 3.19. The van der Waals surface area contributed by atoms with Crippen LogP contribution in [-0.4, -0.2) is 12.5 Å². The van der Waals surface area contributed by atoms with Crippen molar-refractivity contribution in [2.45, 2.75) is 13.8 Å². The molecular weight excluding hydrogens is 244 g/mol. The number of rotatable bonds is 4. The van der Waals surface area contributed by atoms with Crippen molar-refractivity contribution in [3.8, 4) is 16.9 Å². The highest BCUT2D eigenvalue weighted by atomic mass is 35.5. The van der Waals surface area contributed by atoms with Gasteiger partial charge in [0.05, 0.1) is 5.88 Å². The Morgan fingerprint density at radius 2 is 1.56 bits per heavy atom. The molecule has 0 radical (unpaired) electrons. The molecule has 0 heterocycles. The standard InChI is InChI=1S/C16H17ClO/c1-12-3-4-15(11-13(12)2)14-5-7-16(8-6-14)18-10-9-17/h3-8,11H,9-10H2,1-2H3. The van der Waals surface area contributed by atoms with E-state index in [9.17, 15) is 0 Å². The topological polar surface area (TPSA) is 9.23 Å². The maximum atomic E-state index is 5.59. The molecule has 0 bridgehead atoms. The van der Waals surface area contributed by atoms with Gasteiger partial charge in [-0.2, -0.15) is 0 Å². The highest BCUT2D eigenvalue weighted by molar-refractivity contribution is 6.18. The average Bonchev–Trinajstić information content (AvgIpc) is 2.40. The summed E-state index contributed by atoms with van der Waals surface area (Å²) in [7, 11) is 0. The molecule has 0 saturated carbocycles. The zero-order valence-corrected chi connectivity index (χ0v) is 11.5. The maximum absolute atomic E-state index is 5.59. The summed E-state index contributed by atoms with van der Waals surface area (Å²) in [4.78, 5) is 0. The van der Waals surface area contributed by atoms with E-state index in [0.717, 1.165) is 5.75 Å². The van der Waals surface area contributed by atoms with Crippen molar-refractivity contribution in [1.29, 1.82) is 0 Å². The minimum Gasteiger partial charge on any atom is -0.492 e. The van der Waals surface area contributed by atoms with Crippen molar-refractivity contribution in [2.75, 3.05) is 12.5 Å². The molecule has 2 heteroatoms. The maximum Gasteiger partial charge on any atom is 0.119 e. The summed E-state index contributed by atoms with van der Waals surface area (Å²) in [6, 6.07) is 14.6. The number of alkyl halides is 1. The molecule has 0 aliphatic heterocycles. The van der Waals surface area contributed by atoms with Crippen LogP contribution in [0, 0.1) is 13.8 Å². The summed E-state index contributed by atoms with van der Waals surface area (Å²) in [5, 5.41) is 0. The molecule has 0 atom stereocenters. The first-order valence-electron chi connectivity index (χ1n) is 6.07. The van der Waals surface area contributed by atoms with Crippen LogP contribution in [-0.2, 0) is 0 Å². The molecule has 94 valence electrons. The largest absolute Gasteiger partial charge is 0.492 e. The zero-order chi connectivity index (χ0) is 13.0. The van der Waals surface area contributed by atoms with Gasteiger partial charge in [0.15, 0.2) is 0 Å². The van der Waals surface area contributed by atoms with Crippen LogP contribution < -0.4 is 4.74 Å². The number of hydrogen-bond acceptors (Lipinski definition) is 1. The number of benzene rings is 2. The van der Waals surface area contributed by atoms with Crippen LogP contribution in [0.15, 0.2) is 42.5 Å². The fraction of sp³-hybridized carbons (Fsp3) is 0.250. The first kappa shape index (κ1) is 13.0. The number of hydrogen-bond donors (Lipinski definition) is 0. The number of aryl methyl sites for hydroxylation is 2. The van der Waals surface area contributed by atoms with Gasteiger partial charge in [-0.05, 0) is 48.2 Å². The van der Waals surface area contributed by atoms with Gasteiger partial charge in [0, 0.05) is 0 Å². The normalized spacial score (nSPS) is 10.4. The summed E-state index contributed by atoms with van der Waals surface area (Å²) in [6.07, 6.45) is 0. The van der Waals surface area contributed by atoms with Crippen molar-refractivity contribution in [1.82, 2.24) is 0 Å². The minimum absolute atomic E-state index is 0.513. The van der Waals surface area contributed by atoms with E-state index in [0.29, 0.717) is 12.5 Å². The van der Waals surface area contributed by atoms with Gasteiger partial charge in [0.2, 0.25) is 0 Å². The molecule has 2 rings (SSSR count). The van der Waals surface area contributed by atoms with Crippen LogP contribution >= 0.6 is 11.6 Å². The number of halogens is 1. The Hall–Kier alpha value is -1.47. The summed E-state index contributed by atoms with van der Waals surface area (Å²) in [5.74, 6) is 1.38. The van der Waals surface area contributed by atoms with Crippen LogP contribution in [0.1, 0.15) is 11.1 Å². The second-order valence-corrected chi connectivity index (χ2v) is 4.74. The predicted octanol–water partition coefficient (Wildman–Crippen LogP) is 4.59. The summed E-state index contributed by atoms with van der Waals surface area (Å²) < 4.78 is 5.46. The molecule has 2 aromatic rings. The molecule has 0 aliphatic carbocycles. The predicted molar refractivity (Wildman–Crippen MR) is 77.6 cm³/mol. The lowest BCUT2D eigenvalue weighted by molar-refractivity contribution is 0.343. The van der Waals surface area contributed by atoms with Gasteiger partial charge < -0.3 is 4.74 Å². The van der Waals surface area contributed by atoms with Gasteiger partial charge in [0.1, 0.15) is 12.4 Å². The van der Waals surface area contributed by atoms with E-state index in [1.54, 1.807) is 0 Å². The van der Waals surface area contributed by atoms with Crippen LogP contribution in [0.25, 0.3) is 11.1 Å². The smallest absolute Gasteiger partial charge is 0.119 e. The third kappa shape index (κ3) is 3.05. The lowest BCUT2D eigenvalue weighted by Crippen LogP contribution is -1.97. The quantitative estimate of drug-likeness (QED) is 0.731. The molecule has 2 aromatic carbocycles. The SMILES string of the molecule is Cc1ccc(-c2ccc(OCCCl)cc2)cc1C. The molecule has 0 aromatic heterocycles. The average molecular weight is 261 g/mol. The summed E-state index contributed by atoms with van der Waals surface area (Å²) in [5.41, 5.74) is 5.08. The highest BCUT2D eigenvalue weighted by Crippen LogP contribution is 2.24. The molecule has 0 aliphatic rings. The minimum atomic E-state index is 0.513. The van der Waals surface area contributed by atoms with Crippen molar-refractivity contribution in [3.63, 3.8) is 0 Å². The van der Waals surface area contributed by atoms with E-state index >= 15 is 0 Å². The van der Waals surface area contributed by atoms with Gasteiger partial charge in [-0.3, -0.25) is 0 Å². The van der Waals surface area contributed by atoms with E-state index in [4.69, 9.17) is 16.3 Å². The molecule has 0 fully saturated rings. The molecule has 1 nitrogen and oxygen atoms in total. The summed E-state index contributed by atoms with van der Waals surface area (Å²) >= 11 is 5.59. The van der Waals surface area contributed by atoms with E-state index in [-0.39, 0.29) is 0 Å². The van der Waals surface area contributed by atoms with Gasteiger partial charge in [0.25, 0.3) is 0 Å². The van der Waals surface area contributed by atoms with Gasteiger partial charge in [-0.1, -0.05) is 30.3 Å². The Morgan fingerprint density at radius 1 is 0.889 bits per heavy atom. The lowest BCUT2D eigenvalue weighted by Gasteiger charge is -2.07. The fourth-order valence-corrected chi connectivity index (χ4v) is 1.90. The lowest BCUT2D eigenvalue weighted by atomic mass is 10.0. The Bertz CT molecular complexity index is 517. The first-order valence-corrected chi connectivity index (χ1v) is 6.60. The Kier molecular flexibility index (Phi) is 4.27. The Balaban J connectivity index is 2.20. The second-order valence-electron chi connectivity index (χ2n) is 4.36. The molecule has 18 heavy (non-hydrogen) atoms. The molecular formula is C16H17ClO. The first-order chi connectivity index (χ1) is 8.70. The second kappa shape index (κ2) is 5.92. The monoisotopic (exact) mass is 260 g/mol. The molecule has 0 unspecified atom stereocenters. The van der Waals surface area contributed by atoms with E-state index in [1.165, 1.54) is 22.3 Å². The molecule has 0 saturated heterocycles. The molecule has 0 amide bonds. The van der Waals surface area contributed by atoms with Gasteiger partial charge in [-0.15, -0.1) is 11.6 Å². The van der Waals surface area contributed by atoms with E-state index in [2.05, 4.69) is 44.2 Å². The van der Waals surface area contributed by atoms with Crippen LogP contribution in [0.4, 0.5) is 0 Å². The van der Waals surface area contributed by atoms with E-state index < -0.39 is 0 Å². The molecule has 0 spiro atoms. The van der Waals surface area contributed by atoms with Gasteiger partial charge in [-0.25, -0.2) is 0 Å². The Morgan fingerprint density at radius 3 is 2.17 bits per heavy atom. The molecule has 0 N–H and O–H groups in total. The van der Waals surface area contributed by atoms with E-state index in [1.807, 2.05) is 12.1 Å². The van der Waals surface area contributed by atoms with Crippen LogP contribution in [0.2, 0.25) is 0 Å². The van der Waals surface area contributed by atoms with Gasteiger partial charge >= 0.3 is 0 Å². The van der Waals surface area contributed by atoms with Crippen LogP contribution in [0.5, 0.6) is 5.75 Å². The highest BCUT2D eigenvalue weighted by Gasteiger charge is 2.00. The van der Waals surface area contributed by atoms with Crippen LogP contribution in [0.3, 0.4) is 0 Å². The van der Waals surface area contributed by atoms with Crippen molar-refractivity contribution >= 4 is 11.6 Å². The fourth-order valence-electron chi connectivity index (χ4n) is 1.82. The summed E-state index contributed by atoms with van der Waals surface area (Å²) in [6.45, 7) is 4.81. The Labute approximate surface area is 113 Å². The zero-order valence-electron chi connectivity index (χ0n) is 10.7. The van der Waals surface area contributed by atoms with Crippen molar-refractivity contribution in [3.05, 3.63) is 53.6 Å². The third-order valence-electron chi connectivity index (χ3n) is 3.04.